The number of rotatable bonds is 6. The molecule has 1 unspecified atom stereocenters. The molecule has 19 heavy (non-hydrogen) atoms. The average Bonchev–Trinajstić information content (AvgIpc) is 2.26. The van der Waals surface area contributed by atoms with Crippen LogP contribution in [0, 0.1) is 5.92 Å². The second-order valence-electron chi connectivity index (χ2n) is 5.78. The Morgan fingerprint density at radius 1 is 1.05 bits per heavy atom. The summed E-state index contributed by atoms with van der Waals surface area (Å²) in [6, 6.07) is 0.283. The molecule has 0 aromatic rings. The molecule has 0 spiro atoms. The Balaban J connectivity index is 2.40. The van der Waals surface area contributed by atoms with E-state index in [9.17, 15) is 13.2 Å². The van der Waals surface area contributed by atoms with E-state index < -0.39 is 12.6 Å². The summed E-state index contributed by atoms with van der Waals surface area (Å²) in [6.07, 6.45) is 5.04. The molecule has 1 saturated carbocycles. The van der Waals surface area contributed by atoms with Gasteiger partial charge in [-0.2, -0.15) is 13.2 Å². The van der Waals surface area contributed by atoms with Crippen LogP contribution in [0.3, 0.4) is 0 Å². The lowest BCUT2D eigenvalue weighted by Crippen LogP contribution is -2.36. The van der Waals surface area contributed by atoms with Crippen molar-refractivity contribution in [3.63, 3.8) is 0 Å². The molecule has 0 saturated heterocycles. The second kappa shape index (κ2) is 8.83. The highest BCUT2D eigenvalue weighted by molar-refractivity contribution is 4.78. The third kappa shape index (κ3) is 7.81. The fourth-order valence-corrected chi connectivity index (χ4v) is 3.18. The molecule has 4 heteroatoms. The highest BCUT2D eigenvalue weighted by Gasteiger charge is 2.28. The van der Waals surface area contributed by atoms with Gasteiger partial charge in [0.15, 0.2) is 0 Å². The Morgan fingerprint density at radius 3 is 2.16 bits per heavy atom. The molecule has 0 radical (unpaired) electrons. The van der Waals surface area contributed by atoms with E-state index in [-0.39, 0.29) is 12.5 Å². The zero-order valence-corrected chi connectivity index (χ0v) is 12.1. The van der Waals surface area contributed by atoms with Gasteiger partial charge in [0, 0.05) is 12.5 Å². The van der Waals surface area contributed by atoms with E-state index in [0.29, 0.717) is 12.3 Å². The van der Waals surface area contributed by atoms with Crippen molar-refractivity contribution in [2.75, 3.05) is 6.54 Å². The molecule has 1 aliphatic carbocycles. The van der Waals surface area contributed by atoms with Gasteiger partial charge in [0.05, 0.1) is 0 Å². The first-order valence-corrected chi connectivity index (χ1v) is 7.83. The Hall–Kier alpha value is -0.250. The maximum atomic E-state index is 12.2. The molecule has 0 aromatic heterocycles. The van der Waals surface area contributed by atoms with Crippen LogP contribution in [-0.4, -0.2) is 18.8 Å². The van der Waals surface area contributed by atoms with Crippen molar-refractivity contribution in [3.05, 3.63) is 0 Å². The molecule has 1 atom stereocenters. The van der Waals surface area contributed by atoms with Gasteiger partial charge in [0.2, 0.25) is 0 Å². The minimum absolute atomic E-state index is 0.262. The summed E-state index contributed by atoms with van der Waals surface area (Å²) in [5.74, 6) is 0.577. The van der Waals surface area contributed by atoms with Gasteiger partial charge in [0.1, 0.15) is 0 Å². The van der Waals surface area contributed by atoms with E-state index in [4.69, 9.17) is 0 Å². The van der Waals surface area contributed by atoms with Crippen LogP contribution in [0.5, 0.6) is 0 Å². The molecule has 1 N–H and O–H groups in total. The molecule has 1 nitrogen and oxygen atoms in total. The largest absolute Gasteiger partial charge is 0.389 e. The monoisotopic (exact) mass is 279 g/mol. The quantitative estimate of drug-likeness (QED) is 0.716. The normalized spacial score (nSPS) is 20.8. The SMILES string of the molecule is CCNC(CCCC(F)(F)F)C1CCCCCCC1. The number of hydrogen-bond donors (Lipinski definition) is 1. The van der Waals surface area contributed by atoms with Crippen LogP contribution in [0.2, 0.25) is 0 Å². The zero-order chi connectivity index (χ0) is 14.1. The predicted molar refractivity (Wildman–Crippen MR) is 73.2 cm³/mol. The van der Waals surface area contributed by atoms with Crippen LogP contribution in [0.15, 0.2) is 0 Å². The van der Waals surface area contributed by atoms with Gasteiger partial charge in [-0.3, -0.25) is 0 Å². The van der Waals surface area contributed by atoms with Crippen LogP contribution < -0.4 is 5.32 Å². The first-order valence-electron chi connectivity index (χ1n) is 7.83. The molecule has 1 fully saturated rings. The maximum absolute atomic E-state index is 12.2. The molecule has 0 bridgehead atoms. The van der Waals surface area contributed by atoms with Crippen molar-refractivity contribution < 1.29 is 13.2 Å². The summed E-state index contributed by atoms with van der Waals surface area (Å²) in [5.41, 5.74) is 0. The molecular formula is C15H28F3N. The molecule has 114 valence electrons. The smallest absolute Gasteiger partial charge is 0.314 e. The summed E-state index contributed by atoms with van der Waals surface area (Å²) in [5, 5.41) is 3.42. The minimum atomic E-state index is -4.00. The summed E-state index contributed by atoms with van der Waals surface area (Å²) in [6.45, 7) is 2.90. The molecule has 1 rings (SSSR count). The summed E-state index contributed by atoms with van der Waals surface area (Å²) in [4.78, 5) is 0. The minimum Gasteiger partial charge on any atom is -0.314 e. The molecule has 1 aliphatic rings. The van der Waals surface area contributed by atoms with Crippen LogP contribution in [0.1, 0.15) is 71.1 Å². The Morgan fingerprint density at radius 2 is 1.63 bits per heavy atom. The molecule has 0 amide bonds. The van der Waals surface area contributed by atoms with Crippen molar-refractivity contribution in [3.8, 4) is 0 Å². The van der Waals surface area contributed by atoms with E-state index in [1.807, 2.05) is 6.92 Å². The number of nitrogens with one attached hydrogen (secondary N) is 1. The molecule has 0 aliphatic heterocycles. The molecule has 0 heterocycles. The first kappa shape index (κ1) is 16.8. The van der Waals surface area contributed by atoms with Crippen molar-refractivity contribution in [1.29, 1.82) is 0 Å². The molecule has 0 aromatic carbocycles. The topological polar surface area (TPSA) is 12.0 Å². The van der Waals surface area contributed by atoms with E-state index in [2.05, 4.69) is 5.32 Å². The standard InChI is InChI=1S/C15H28F3N/c1-2-19-14(11-8-12-15(16,17)18)13-9-6-4-3-5-7-10-13/h13-14,19H,2-12H2,1H3. The van der Waals surface area contributed by atoms with Gasteiger partial charge < -0.3 is 5.32 Å². The summed E-state index contributed by atoms with van der Waals surface area (Å²) >= 11 is 0. The number of hydrogen-bond acceptors (Lipinski definition) is 1. The first-order chi connectivity index (χ1) is 9.03. The van der Waals surface area contributed by atoms with Crippen LogP contribution in [0.4, 0.5) is 13.2 Å². The number of alkyl halides is 3. The van der Waals surface area contributed by atoms with Crippen molar-refractivity contribution in [2.24, 2.45) is 5.92 Å². The average molecular weight is 279 g/mol. The lowest BCUT2D eigenvalue weighted by Gasteiger charge is -2.29. The van der Waals surface area contributed by atoms with Gasteiger partial charge >= 0.3 is 6.18 Å². The van der Waals surface area contributed by atoms with Crippen molar-refractivity contribution in [1.82, 2.24) is 5.32 Å². The van der Waals surface area contributed by atoms with Crippen molar-refractivity contribution >= 4 is 0 Å². The Bertz CT molecular complexity index is 220. The molecular weight excluding hydrogens is 251 g/mol. The third-order valence-electron chi connectivity index (χ3n) is 4.16. The summed E-state index contributed by atoms with van der Waals surface area (Å²) < 4.78 is 36.7. The highest BCUT2D eigenvalue weighted by atomic mass is 19.4. The predicted octanol–water partition coefficient (Wildman–Crippen LogP) is 5.06. The summed E-state index contributed by atoms with van der Waals surface area (Å²) in [7, 11) is 0. The van der Waals surface area contributed by atoms with Crippen LogP contribution in [0.25, 0.3) is 0 Å². The zero-order valence-electron chi connectivity index (χ0n) is 12.1. The van der Waals surface area contributed by atoms with E-state index in [1.165, 1.54) is 44.9 Å². The van der Waals surface area contributed by atoms with Crippen LogP contribution >= 0.6 is 0 Å². The highest BCUT2D eigenvalue weighted by Crippen LogP contribution is 2.29. The fourth-order valence-electron chi connectivity index (χ4n) is 3.18. The van der Waals surface area contributed by atoms with E-state index >= 15 is 0 Å². The van der Waals surface area contributed by atoms with Crippen LogP contribution in [-0.2, 0) is 0 Å². The maximum Gasteiger partial charge on any atom is 0.389 e. The van der Waals surface area contributed by atoms with Gasteiger partial charge in [-0.25, -0.2) is 0 Å². The second-order valence-corrected chi connectivity index (χ2v) is 5.78. The van der Waals surface area contributed by atoms with Crippen molar-refractivity contribution in [2.45, 2.75) is 83.4 Å². The number of halogens is 3. The Kier molecular flexibility index (Phi) is 7.81. The lowest BCUT2D eigenvalue weighted by atomic mass is 9.84. The van der Waals surface area contributed by atoms with E-state index in [0.717, 1.165) is 6.54 Å². The van der Waals surface area contributed by atoms with Gasteiger partial charge in [-0.15, -0.1) is 0 Å². The van der Waals surface area contributed by atoms with E-state index in [1.54, 1.807) is 0 Å². The van der Waals surface area contributed by atoms with Gasteiger partial charge in [0.25, 0.3) is 0 Å². The Labute approximate surface area is 115 Å². The van der Waals surface area contributed by atoms with Gasteiger partial charge in [-0.05, 0) is 38.1 Å². The third-order valence-corrected chi connectivity index (χ3v) is 4.16. The lowest BCUT2D eigenvalue weighted by molar-refractivity contribution is -0.136. The van der Waals surface area contributed by atoms with Gasteiger partial charge in [-0.1, -0.05) is 39.0 Å². The fraction of sp³-hybridized carbons (Fsp3) is 1.00.